The van der Waals surface area contributed by atoms with E-state index < -0.39 is 0 Å². The Morgan fingerprint density at radius 3 is 3.10 bits per heavy atom. The molecule has 6 heteroatoms. The van der Waals surface area contributed by atoms with Gasteiger partial charge in [-0.25, -0.2) is 4.98 Å². The van der Waals surface area contributed by atoms with E-state index in [1.807, 2.05) is 13.1 Å². The van der Waals surface area contributed by atoms with Crippen LogP contribution < -0.4 is 10.2 Å². The number of pyridine rings is 1. The van der Waals surface area contributed by atoms with Gasteiger partial charge in [0.1, 0.15) is 5.82 Å². The lowest BCUT2D eigenvalue weighted by Crippen LogP contribution is -2.35. The van der Waals surface area contributed by atoms with Crippen LogP contribution in [0.1, 0.15) is 12.0 Å². The largest absolute Gasteiger partial charge is 0.383 e. The van der Waals surface area contributed by atoms with Crippen molar-refractivity contribution in [3.05, 3.63) is 23.9 Å². The van der Waals surface area contributed by atoms with Crippen molar-refractivity contribution in [3.63, 3.8) is 0 Å². The minimum atomic E-state index is 0.149. The normalized spacial score (nSPS) is 16.2. The van der Waals surface area contributed by atoms with E-state index in [1.165, 1.54) is 0 Å². The molecule has 1 fully saturated rings. The summed E-state index contributed by atoms with van der Waals surface area (Å²) in [6.07, 6.45) is 2.75. The van der Waals surface area contributed by atoms with Crippen molar-refractivity contribution in [2.75, 3.05) is 51.8 Å². The smallest absolute Gasteiger partial charge is 0.241 e. The maximum Gasteiger partial charge on any atom is 0.241 e. The summed E-state index contributed by atoms with van der Waals surface area (Å²) in [5.41, 5.74) is 1.12. The highest BCUT2D eigenvalue weighted by Crippen LogP contribution is 2.19. The van der Waals surface area contributed by atoms with E-state index in [-0.39, 0.29) is 5.91 Å². The molecule has 0 bridgehead atoms. The van der Waals surface area contributed by atoms with E-state index in [1.54, 1.807) is 18.2 Å². The number of likely N-dealkylation sites (N-methyl/N-ethyl adjacent to an activating group) is 1. The Hall–Kier alpha value is -1.66. The molecule has 1 N–H and O–H groups in total. The number of carbonyl (C=O) groups is 1. The molecule has 116 valence electrons. The molecule has 6 nitrogen and oxygen atoms in total. The molecular weight excluding hydrogens is 268 g/mol. The summed E-state index contributed by atoms with van der Waals surface area (Å²) in [6, 6.07) is 3.99. The second kappa shape index (κ2) is 7.95. The number of hydrogen-bond donors (Lipinski definition) is 1. The molecule has 2 heterocycles. The number of amides is 1. The molecule has 0 spiro atoms. The van der Waals surface area contributed by atoms with Crippen LogP contribution in [0, 0.1) is 0 Å². The van der Waals surface area contributed by atoms with Gasteiger partial charge in [-0.3, -0.25) is 4.79 Å². The zero-order valence-corrected chi connectivity index (χ0v) is 12.8. The maximum absolute atomic E-state index is 12.0. The summed E-state index contributed by atoms with van der Waals surface area (Å²) in [4.78, 5) is 20.4. The first-order chi connectivity index (χ1) is 10.2. The predicted octanol–water partition coefficient (Wildman–Crippen LogP) is 0.486. The Morgan fingerprint density at radius 2 is 2.29 bits per heavy atom. The van der Waals surface area contributed by atoms with Gasteiger partial charge in [0, 0.05) is 52.1 Å². The van der Waals surface area contributed by atoms with Crippen LogP contribution in [0.2, 0.25) is 0 Å². The van der Waals surface area contributed by atoms with Crippen LogP contribution in [-0.2, 0) is 16.1 Å². The summed E-state index contributed by atoms with van der Waals surface area (Å²) >= 11 is 0. The third kappa shape index (κ3) is 4.41. The second-order valence-electron chi connectivity index (χ2n) is 5.25. The number of carbonyl (C=O) groups excluding carboxylic acids is 1. The highest BCUT2D eigenvalue weighted by Gasteiger charge is 2.21. The molecule has 1 aromatic rings. The SMILES string of the molecule is COCCNCc1cccnc1N1CCCN(C)C(=O)C1. The summed E-state index contributed by atoms with van der Waals surface area (Å²) in [6.45, 7) is 4.28. The Morgan fingerprint density at radius 1 is 1.43 bits per heavy atom. The fourth-order valence-corrected chi connectivity index (χ4v) is 2.42. The molecule has 0 atom stereocenters. The van der Waals surface area contributed by atoms with Gasteiger partial charge in [-0.1, -0.05) is 6.07 Å². The van der Waals surface area contributed by atoms with Crippen LogP contribution in [0.3, 0.4) is 0 Å². The molecule has 0 aliphatic carbocycles. The number of hydrogen-bond acceptors (Lipinski definition) is 5. The average molecular weight is 292 g/mol. The Balaban J connectivity index is 2.06. The molecule has 1 saturated heterocycles. The molecule has 1 aliphatic rings. The van der Waals surface area contributed by atoms with Gasteiger partial charge in [-0.05, 0) is 12.5 Å². The fraction of sp³-hybridized carbons (Fsp3) is 0.600. The van der Waals surface area contributed by atoms with E-state index >= 15 is 0 Å². The first kappa shape index (κ1) is 15.7. The van der Waals surface area contributed by atoms with Crippen molar-refractivity contribution >= 4 is 11.7 Å². The summed E-state index contributed by atoms with van der Waals surface area (Å²) < 4.78 is 5.03. The molecule has 1 aromatic heterocycles. The molecule has 2 rings (SSSR count). The van der Waals surface area contributed by atoms with Gasteiger partial charge in [0.05, 0.1) is 13.2 Å². The van der Waals surface area contributed by atoms with Gasteiger partial charge in [-0.15, -0.1) is 0 Å². The third-order valence-corrected chi connectivity index (χ3v) is 3.64. The highest BCUT2D eigenvalue weighted by molar-refractivity contribution is 5.81. The van der Waals surface area contributed by atoms with Gasteiger partial charge in [0.15, 0.2) is 0 Å². The van der Waals surface area contributed by atoms with Crippen LogP contribution >= 0.6 is 0 Å². The highest BCUT2D eigenvalue weighted by atomic mass is 16.5. The standard InChI is InChI=1S/C15H24N4O2/c1-18-8-4-9-19(12-14(18)20)15-13(5-3-6-17-15)11-16-7-10-21-2/h3,5-6,16H,4,7-12H2,1-2H3. The zero-order valence-electron chi connectivity index (χ0n) is 12.8. The number of ether oxygens (including phenoxy) is 1. The quantitative estimate of drug-likeness (QED) is 0.773. The Bertz CT molecular complexity index is 467. The average Bonchev–Trinajstić information content (AvgIpc) is 2.66. The molecule has 1 aliphatic heterocycles. The van der Waals surface area contributed by atoms with Gasteiger partial charge >= 0.3 is 0 Å². The number of aromatic nitrogens is 1. The molecular formula is C15H24N4O2. The second-order valence-corrected chi connectivity index (χ2v) is 5.25. The summed E-state index contributed by atoms with van der Waals surface area (Å²) in [7, 11) is 3.55. The van der Waals surface area contributed by atoms with Gasteiger partial charge in [-0.2, -0.15) is 0 Å². The lowest BCUT2D eigenvalue weighted by atomic mass is 10.2. The van der Waals surface area contributed by atoms with Crippen molar-refractivity contribution in [2.45, 2.75) is 13.0 Å². The van der Waals surface area contributed by atoms with Crippen LogP contribution in [-0.4, -0.2) is 62.7 Å². The monoisotopic (exact) mass is 292 g/mol. The van der Waals surface area contributed by atoms with Crippen molar-refractivity contribution in [2.24, 2.45) is 0 Å². The van der Waals surface area contributed by atoms with E-state index in [0.717, 1.165) is 44.0 Å². The van der Waals surface area contributed by atoms with Crippen molar-refractivity contribution in [3.8, 4) is 0 Å². The lowest BCUT2D eigenvalue weighted by Gasteiger charge is -2.23. The van der Waals surface area contributed by atoms with Crippen molar-refractivity contribution in [1.29, 1.82) is 0 Å². The number of anilines is 1. The lowest BCUT2D eigenvalue weighted by molar-refractivity contribution is -0.127. The van der Waals surface area contributed by atoms with E-state index in [4.69, 9.17) is 4.74 Å². The third-order valence-electron chi connectivity index (χ3n) is 3.64. The first-order valence-electron chi connectivity index (χ1n) is 7.35. The van der Waals surface area contributed by atoms with Crippen LogP contribution in [0.25, 0.3) is 0 Å². The predicted molar refractivity (Wildman–Crippen MR) is 82.3 cm³/mol. The Kier molecular flexibility index (Phi) is 5.95. The number of methoxy groups -OCH3 is 1. The van der Waals surface area contributed by atoms with Crippen LogP contribution in [0.5, 0.6) is 0 Å². The van der Waals surface area contributed by atoms with Gasteiger partial charge < -0.3 is 19.9 Å². The van der Waals surface area contributed by atoms with Crippen LogP contribution in [0.4, 0.5) is 5.82 Å². The Labute approximate surface area is 126 Å². The molecule has 0 radical (unpaired) electrons. The molecule has 0 aromatic carbocycles. The molecule has 21 heavy (non-hydrogen) atoms. The maximum atomic E-state index is 12.0. The van der Waals surface area contributed by atoms with Gasteiger partial charge in [0.25, 0.3) is 0 Å². The number of rotatable bonds is 6. The van der Waals surface area contributed by atoms with Crippen molar-refractivity contribution < 1.29 is 9.53 Å². The van der Waals surface area contributed by atoms with E-state index in [2.05, 4.69) is 21.3 Å². The first-order valence-corrected chi connectivity index (χ1v) is 7.35. The minimum Gasteiger partial charge on any atom is -0.383 e. The summed E-state index contributed by atoms with van der Waals surface area (Å²) in [5.74, 6) is 1.06. The number of nitrogens with one attached hydrogen (secondary N) is 1. The van der Waals surface area contributed by atoms with E-state index in [0.29, 0.717) is 13.2 Å². The van der Waals surface area contributed by atoms with E-state index in [9.17, 15) is 4.79 Å². The minimum absolute atomic E-state index is 0.149. The topological polar surface area (TPSA) is 57.7 Å². The number of nitrogens with zero attached hydrogens (tertiary/aromatic N) is 3. The van der Waals surface area contributed by atoms with Crippen molar-refractivity contribution in [1.82, 2.24) is 15.2 Å². The van der Waals surface area contributed by atoms with Crippen LogP contribution in [0.15, 0.2) is 18.3 Å². The van der Waals surface area contributed by atoms with Gasteiger partial charge in [0.2, 0.25) is 5.91 Å². The fourth-order valence-electron chi connectivity index (χ4n) is 2.42. The zero-order chi connectivity index (χ0) is 15.1. The molecule has 0 unspecified atom stereocenters. The molecule has 0 saturated carbocycles. The molecule has 1 amide bonds. The summed E-state index contributed by atoms with van der Waals surface area (Å²) in [5, 5.41) is 3.33.